The third-order valence-electron chi connectivity index (χ3n) is 3.43. The molecule has 2 nitrogen and oxygen atoms in total. The van der Waals surface area contributed by atoms with E-state index in [1.54, 1.807) is 0 Å². The second-order valence-electron chi connectivity index (χ2n) is 4.70. The smallest absolute Gasteiger partial charge is 0.143 e. The Morgan fingerprint density at radius 2 is 2.13 bits per heavy atom. The summed E-state index contributed by atoms with van der Waals surface area (Å²) < 4.78 is 0. The average molecular weight is 210 g/mol. The summed E-state index contributed by atoms with van der Waals surface area (Å²) in [5, 5.41) is 0. The molecule has 0 bridgehead atoms. The Morgan fingerprint density at radius 3 is 2.80 bits per heavy atom. The van der Waals surface area contributed by atoms with Gasteiger partial charge in [0.2, 0.25) is 0 Å². The van der Waals surface area contributed by atoms with Gasteiger partial charge in [0.05, 0.1) is 5.92 Å². The second kappa shape index (κ2) is 6.76. The van der Waals surface area contributed by atoms with E-state index in [0.29, 0.717) is 12.3 Å². The third kappa shape index (κ3) is 4.15. The molecule has 0 saturated heterocycles. The number of aldehydes is 1. The van der Waals surface area contributed by atoms with Crippen LogP contribution < -0.4 is 0 Å². The predicted octanol–water partition coefficient (Wildman–Crippen LogP) is 3.14. The molecular formula is C13H22O2. The number of Topliss-reactive ketones (excluding diaryl/α,β-unsaturated/α-hetero) is 1. The molecule has 2 atom stereocenters. The number of carbonyl (C=O) groups excluding carboxylic acids is 2. The molecule has 0 radical (unpaired) electrons. The zero-order chi connectivity index (χ0) is 11.1. The minimum atomic E-state index is -0.282. The summed E-state index contributed by atoms with van der Waals surface area (Å²) in [7, 11) is 0. The number of hydrogen-bond donors (Lipinski definition) is 0. The van der Waals surface area contributed by atoms with Crippen LogP contribution in [0.3, 0.4) is 0 Å². The van der Waals surface area contributed by atoms with Crippen LogP contribution in [0.25, 0.3) is 0 Å². The lowest BCUT2D eigenvalue weighted by Gasteiger charge is -2.24. The molecule has 1 aliphatic rings. The highest BCUT2D eigenvalue weighted by Gasteiger charge is 2.27. The van der Waals surface area contributed by atoms with E-state index >= 15 is 0 Å². The Labute approximate surface area is 92.4 Å². The molecule has 0 N–H and O–H groups in total. The van der Waals surface area contributed by atoms with Gasteiger partial charge in [-0.25, -0.2) is 0 Å². The number of ketones is 1. The van der Waals surface area contributed by atoms with E-state index in [1.807, 2.05) is 0 Å². The molecule has 0 aromatic heterocycles. The predicted molar refractivity (Wildman–Crippen MR) is 60.7 cm³/mol. The van der Waals surface area contributed by atoms with Gasteiger partial charge in [-0.3, -0.25) is 4.79 Å². The molecular weight excluding hydrogens is 188 g/mol. The lowest BCUT2D eigenvalue weighted by molar-refractivity contribution is -0.130. The minimum Gasteiger partial charge on any atom is -0.303 e. The first-order chi connectivity index (χ1) is 7.27. The van der Waals surface area contributed by atoms with Gasteiger partial charge in [-0.2, -0.15) is 0 Å². The van der Waals surface area contributed by atoms with Crippen molar-refractivity contribution in [1.29, 1.82) is 0 Å². The molecule has 1 saturated carbocycles. The van der Waals surface area contributed by atoms with Gasteiger partial charge in [-0.15, -0.1) is 0 Å². The Bertz CT molecular complexity index is 211. The molecule has 0 amide bonds. The van der Waals surface area contributed by atoms with Crippen LogP contribution in [-0.4, -0.2) is 12.1 Å². The Kier molecular flexibility index (Phi) is 5.59. The van der Waals surface area contributed by atoms with E-state index < -0.39 is 0 Å². The molecule has 1 aliphatic carbocycles. The van der Waals surface area contributed by atoms with Gasteiger partial charge in [-0.05, 0) is 18.8 Å². The molecule has 0 aromatic carbocycles. The molecule has 1 rings (SSSR count). The Balaban J connectivity index is 2.20. The van der Waals surface area contributed by atoms with Crippen molar-refractivity contribution in [2.24, 2.45) is 11.8 Å². The van der Waals surface area contributed by atoms with Crippen molar-refractivity contribution in [3.05, 3.63) is 0 Å². The minimum absolute atomic E-state index is 0.162. The van der Waals surface area contributed by atoms with Crippen LogP contribution in [0.2, 0.25) is 0 Å². The Hall–Kier alpha value is -0.660. The summed E-state index contributed by atoms with van der Waals surface area (Å²) in [6.45, 7) is 2.21. The van der Waals surface area contributed by atoms with Crippen molar-refractivity contribution in [2.75, 3.05) is 0 Å². The summed E-state index contributed by atoms with van der Waals surface area (Å²) in [6.07, 6.45) is 9.64. The first-order valence-corrected chi connectivity index (χ1v) is 6.26. The van der Waals surface area contributed by atoms with Gasteiger partial charge >= 0.3 is 0 Å². The van der Waals surface area contributed by atoms with Gasteiger partial charge in [-0.1, -0.05) is 39.0 Å². The van der Waals surface area contributed by atoms with Crippen molar-refractivity contribution in [3.8, 4) is 0 Å². The highest BCUT2D eigenvalue weighted by molar-refractivity contribution is 5.93. The first kappa shape index (κ1) is 12.4. The van der Waals surface area contributed by atoms with Crippen LogP contribution in [-0.2, 0) is 9.59 Å². The van der Waals surface area contributed by atoms with Crippen LogP contribution in [0, 0.1) is 11.8 Å². The van der Waals surface area contributed by atoms with E-state index in [0.717, 1.165) is 19.1 Å². The molecule has 0 aromatic rings. The first-order valence-electron chi connectivity index (χ1n) is 6.26. The maximum Gasteiger partial charge on any atom is 0.143 e. The fraction of sp³-hybridized carbons (Fsp3) is 0.846. The number of rotatable bonds is 6. The second-order valence-corrected chi connectivity index (χ2v) is 4.70. The van der Waals surface area contributed by atoms with Crippen molar-refractivity contribution >= 4 is 12.1 Å². The van der Waals surface area contributed by atoms with Crippen LogP contribution in [0.15, 0.2) is 0 Å². The number of unbranched alkanes of at least 4 members (excludes halogenated alkanes) is 3. The maximum atomic E-state index is 11.3. The molecule has 0 aliphatic heterocycles. The van der Waals surface area contributed by atoms with E-state index in [-0.39, 0.29) is 11.7 Å². The van der Waals surface area contributed by atoms with E-state index in [4.69, 9.17) is 0 Å². The van der Waals surface area contributed by atoms with E-state index in [1.165, 1.54) is 32.1 Å². The summed E-state index contributed by atoms with van der Waals surface area (Å²) in [4.78, 5) is 22.0. The normalized spacial score (nSPS) is 26.6. The Morgan fingerprint density at radius 1 is 1.33 bits per heavy atom. The molecule has 86 valence electrons. The lowest BCUT2D eigenvalue weighted by Crippen LogP contribution is -2.25. The summed E-state index contributed by atoms with van der Waals surface area (Å²) in [5.41, 5.74) is 0. The van der Waals surface area contributed by atoms with Gasteiger partial charge in [0.25, 0.3) is 0 Å². The zero-order valence-corrected chi connectivity index (χ0v) is 9.71. The summed E-state index contributed by atoms with van der Waals surface area (Å²) in [5.74, 6) is 0.500. The molecule has 1 fully saturated rings. The van der Waals surface area contributed by atoms with E-state index in [2.05, 4.69) is 6.92 Å². The molecule has 2 heteroatoms. The topological polar surface area (TPSA) is 34.1 Å². The average Bonchev–Trinajstić information content (AvgIpc) is 2.26. The summed E-state index contributed by atoms with van der Waals surface area (Å²) >= 11 is 0. The van der Waals surface area contributed by atoms with Crippen molar-refractivity contribution < 1.29 is 9.59 Å². The maximum absolute atomic E-state index is 11.3. The van der Waals surface area contributed by atoms with Crippen LogP contribution in [0.5, 0.6) is 0 Å². The lowest BCUT2D eigenvalue weighted by atomic mass is 9.79. The third-order valence-corrected chi connectivity index (χ3v) is 3.43. The number of carbonyl (C=O) groups is 2. The van der Waals surface area contributed by atoms with Crippen LogP contribution in [0.4, 0.5) is 0 Å². The molecule has 2 unspecified atom stereocenters. The van der Waals surface area contributed by atoms with Crippen LogP contribution in [0.1, 0.15) is 58.3 Å². The van der Waals surface area contributed by atoms with Gasteiger partial charge in [0, 0.05) is 6.42 Å². The highest BCUT2D eigenvalue weighted by Crippen LogP contribution is 2.29. The van der Waals surface area contributed by atoms with Crippen molar-refractivity contribution in [2.45, 2.75) is 58.3 Å². The van der Waals surface area contributed by atoms with E-state index in [9.17, 15) is 9.59 Å². The molecule has 0 spiro atoms. The van der Waals surface area contributed by atoms with Gasteiger partial charge in [0.1, 0.15) is 12.1 Å². The van der Waals surface area contributed by atoms with Crippen LogP contribution >= 0.6 is 0 Å². The molecule has 15 heavy (non-hydrogen) atoms. The monoisotopic (exact) mass is 210 g/mol. The fourth-order valence-electron chi connectivity index (χ4n) is 2.39. The number of hydrogen-bond acceptors (Lipinski definition) is 2. The standard InChI is InChI=1S/C13H22O2/c1-2-3-4-5-6-11-7-8-13(15)12(9-11)10-14/h10-12H,2-9H2,1H3. The van der Waals surface area contributed by atoms with Gasteiger partial charge < -0.3 is 4.79 Å². The molecule has 0 heterocycles. The van der Waals surface area contributed by atoms with Crippen molar-refractivity contribution in [1.82, 2.24) is 0 Å². The fourth-order valence-corrected chi connectivity index (χ4v) is 2.39. The largest absolute Gasteiger partial charge is 0.303 e. The van der Waals surface area contributed by atoms with Crippen molar-refractivity contribution in [3.63, 3.8) is 0 Å². The highest BCUT2D eigenvalue weighted by atomic mass is 16.1. The quantitative estimate of drug-likeness (QED) is 0.383. The SMILES string of the molecule is CCCCCCC1CCC(=O)C(C=O)C1. The van der Waals surface area contributed by atoms with Gasteiger partial charge in [0.15, 0.2) is 0 Å². The summed E-state index contributed by atoms with van der Waals surface area (Å²) in [6, 6.07) is 0. The zero-order valence-electron chi connectivity index (χ0n) is 9.71.